The quantitative estimate of drug-likeness (QED) is 0.769. The minimum Gasteiger partial charge on any atom is -0.330 e. The molecule has 0 aliphatic carbocycles. The topological polar surface area (TPSA) is 40.1 Å². The SMILES string of the molecule is NCCC1=C[N]c2ccc(Cl)cc21. The van der Waals surface area contributed by atoms with Gasteiger partial charge in [0.25, 0.3) is 0 Å². The van der Waals surface area contributed by atoms with E-state index in [4.69, 9.17) is 17.3 Å². The first-order valence-corrected chi connectivity index (χ1v) is 4.59. The van der Waals surface area contributed by atoms with Crippen LogP contribution < -0.4 is 11.1 Å². The maximum atomic E-state index is 5.89. The zero-order valence-corrected chi connectivity index (χ0v) is 7.88. The van der Waals surface area contributed by atoms with Crippen molar-refractivity contribution in [1.82, 2.24) is 5.32 Å². The predicted octanol–water partition coefficient (Wildman–Crippen LogP) is 2.28. The summed E-state index contributed by atoms with van der Waals surface area (Å²) in [5.74, 6) is 0. The number of nitrogens with two attached hydrogens (primary N) is 1. The highest BCUT2D eigenvalue weighted by Crippen LogP contribution is 2.33. The van der Waals surface area contributed by atoms with Crippen LogP contribution in [0.1, 0.15) is 12.0 Å². The number of hydrogen-bond acceptors (Lipinski definition) is 1. The van der Waals surface area contributed by atoms with Gasteiger partial charge in [-0.05, 0) is 36.7 Å². The van der Waals surface area contributed by atoms with Crippen molar-refractivity contribution in [1.29, 1.82) is 0 Å². The van der Waals surface area contributed by atoms with Crippen molar-refractivity contribution in [2.45, 2.75) is 6.42 Å². The molecule has 2 rings (SSSR count). The third kappa shape index (κ3) is 1.55. The number of fused-ring (bicyclic) bond motifs is 1. The van der Waals surface area contributed by atoms with E-state index in [9.17, 15) is 0 Å². The second kappa shape index (κ2) is 3.40. The Morgan fingerprint density at radius 2 is 2.23 bits per heavy atom. The summed E-state index contributed by atoms with van der Waals surface area (Å²) in [5, 5.41) is 5.01. The Hall–Kier alpha value is -0.990. The second-order valence-corrected chi connectivity index (χ2v) is 3.42. The predicted molar refractivity (Wildman–Crippen MR) is 54.9 cm³/mol. The standard InChI is InChI=1S/C10H10ClN2/c11-8-1-2-10-9(5-8)7(3-4-12)6-13-10/h1-2,5-6H,3-4,12H2. The van der Waals surface area contributed by atoms with E-state index in [0.29, 0.717) is 6.54 Å². The highest BCUT2D eigenvalue weighted by atomic mass is 35.5. The molecular weight excluding hydrogens is 184 g/mol. The fourth-order valence-electron chi connectivity index (χ4n) is 1.45. The van der Waals surface area contributed by atoms with Crippen LogP contribution in [0.3, 0.4) is 0 Å². The van der Waals surface area contributed by atoms with Crippen molar-refractivity contribution in [2.24, 2.45) is 5.73 Å². The third-order valence-corrected chi connectivity index (χ3v) is 2.31. The molecule has 3 heteroatoms. The van der Waals surface area contributed by atoms with Crippen LogP contribution in [-0.4, -0.2) is 6.54 Å². The third-order valence-electron chi connectivity index (χ3n) is 2.08. The Kier molecular flexibility index (Phi) is 2.25. The number of halogens is 1. The molecule has 0 saturated carbocycles. The maximum absolute atomic E-state index is 5.89. The van der Waals surface area contributed by atoms with Crippen LogP contribution in [0.15, 0.2) is 24.4 Å². The zero-order chi connectivity index (χ0) is 9.26. The molecule has 2 nitrogen and oxygen atoms in total. The van der Waals surface area contributed by atoms with Crippen LogP contribution in [-0.2, 0) is 0 Å². The van der Waals surface area contributed by atoms with Gasteiger partial charge in [0, 0.05) is 16.8 Å². The van der Waals surface area contributed by atoms with E-state index in [1.165, 1.54) is 5.57 Å². The zero-order valence-electron chi connectivity index (χ0n) is 7.13. The number of hydrogen-bond donors (Lipinski definition) is 1. The minimum atomic E-state index is 0.646. The summed E-state index contributed by atoms with van der Waals surface area (Å²) < 4.78 is 0. The molecule has 0 unspecified atom stereocenters. The molecule has 13 heavy (non-hydrogen) atoms. The highest BCUT2D eigenvalue weighted by molar-refractivity contribution is 6.30. The molecule has 1 aromatic rings. The lowest BCUT2D eigenvalue weighted by atomic mass is 10.0. The molecule has 0 spiro atoms. The summed E-state index contributed by atoms with van der Waals surface area (Å²) in [5.41, 5.74) is 8.79. The number of rotatable bonds is 2. The Balaban J connectivity index is 2.36. The van der Waals surface area contributed by atoms with E-state index in [0.717, 1.165) is 22.7 Å². The smallest absolute Gasteiger partial charge is 0.0706 e. The Bertz CT molecular complexity index is 358. The van der Waals surface area contributed by atoms with Gasteiger partial charge in [-0.3, -0.25) is 5.32 Å². The van der Waals surface area contributed by atoms with Gasteiger partial charge in [-0.15, -0.1) is 0 Å². The van der Waals surface area contributed by atoms with Gasteiger partial charge in [-0.2, -0.15) is 0 Å². The molecule has 2 N–H and O–H groups in total. The van der Waals surface area contributed by atoms with Crippen LogP contribution in [0, 0.1) is 0 Å². The van der Waals surface area contributed by atoms with Gasteiger partial charge in [0.2, 0.25) is 0 Å². The lowest BCUT2D eigenvalue weighted by Crippen LogP contribution is -1.98. The molecule has 1 heterocycles. The van der Waals surface area contributed by atoms with Gasteiger partial charge in [0.05, 0.1) is 5.69 Å². The molecule has 1 radical (unpaired) electrons. The normalized spacial score (nSPS) is 13.5. The van der Waals surface area contributed by atoms with Gasteiger partial charge in [-0.1, -0.05) is 11.6 Å². The summed E-state index contributed by atoms with van der Waals surface area (Å²) in [7, 11) is 0. The first kappa shape index (κ1) is 8.60. The lowest BCUT2D eigenvalue weighted by molar-refractivity contribution is 1.02. The highest BCUT2D eigenvalue weighted by Gasteiger charge is 2.14. The van der Waals surface area contributed by atoms with Crippen molar-refractivity contribution in [2.75, 3.05) is 6.54 Å². The second-order valence-electron chi connectivity index (χ2n) is 2.98. The molecule has 1 aliphatic heterocycles. The fourth-order valence-corrected chi connectivity index (χ4v) is 1.62. The molecule has 0 bridgehead atoms. The van der Waals surface area contributed by atoms with Gasteiger partial charge in [0.1, 0.15) is 0 Å². The van der Waals surface area contributed by atoms with Gasteiger partial charge in [0.15, 0.2) is 0 Å². The summed E-state index contributed by atoms with van der Waals surface area (Å²) in [4.78, 5) is 0. The van der Waals surface area contributed by atoms with Gasteiger partial charge in [-0.25, -0.2) is 0 Å². The van der Waals surface area contributed by atoms with E-state index in [1.807, 2.05) is 24.4 Å². The minimum absolute atomic E-state index is 0.646. The summed E-state index contributed by atoms with van der Waals surface area (Å²) in [6.07, 6.45) is 2.73. The molecule has 1 aliphatic rings. The number of benzene rings is 1. The van der Waals surface area contributed by atoms with Crippen molar-refractivity contribution >= 4 is 22.9 Å². The largest absolute Gasteiger partial charge is 0.330 e. The summed E-state index contributed by atoms with van der Waals surface area (Å²) >= 11 is 5.89. The van der Waals surface area contributed by atoms with Crippen molar-refractivity contribution in [3.8, 4) is 0 Å². The fraction of sp³-hybridized carbons (Fsp3) is 0.200. The van der Waals surface area contributed by atoms with Gasteiger partial charge < -0.3 is 5.73 Å². The van der Waals surface area contributed by atoms with Crippen molar-refractivity contribution < 1.29 is 0 Å². The van der Waals surface area contributed by atoms with E-state index in [2.05, 4.69) is 5.32 Å². The molecule has 67 valence electrons. The Morgan fingerprint density at radius 3 is 3.00 bits per heavy atom. The van der Waals surface area contributed by atoms with Crippen LogP contribution in [0.25, 0.3) is 5.57 Å². The molecule has 0 atom stereocenters. The molecule has 0 fully saturated rings. The van der Waals surface area contributed by atoms with E-state index in [-0.39, 0.29) is 0 Å². The Morgan fingerprint density at radius 1 is 1.38 bits per heavy atom. The lowest BCUT2D eigenvalue weighted by Gasteiger charge is -2.02. The molecule has 1 aromatic carbocycles. The van der Waals surface area contributed by atoms with Crippen LogP contribution in [0.5, 0.6) is 0 Å². The number of nitrogens with zero attached hydrogens (tertiary/aromatic N) is 1. The summed E-state index contributed by atoms with van der Waals surface area (Å²) in [6.45, 7) is 0.646. The molecular formula is C10H10ClN2. The average molecular weight is 194 g/mol. The maximum Gasteiger partial charge on any atom is 0.0706 e. The van der Waals surface area contributed by atoms with E-state index in [1.54, 1.807) is 0 Å². The molecule has 0 amide bonds. The molecule has 0 aromatic heterocycles. The van der Waals surface area contributed by atoms with E-state index < -0.39 is 0 Å². The average Bonchev–Trinajstić information content (AvgIpc) is 2.49. The van der Waals surface area contributed by atoms with Crippen LogP contribution in [0.2, 0.25) is 5.02 Å². The Labute approximate surface area is 82.4 Å². The van der Waals surface area contributed by atoms with Crippen LogP contribution >= 0.6 is 11.6 Å². The monoisotopic (exact) mass is 193 g/mol. The van der Waals surface area contributed by atoms with Crippen LogP contribution in [0.4, 0.5) is 5.69 Å². The van der Waals surface area contributed by atoms with Crippen molar-refractivity contribution in [3.05, 3.63) is 35.0 Å². The van der Waals surface area contributed by atoms with Crippen molar-refractivity contribution in [3.63, 3.8) is 0 Å². The van der Waals surface area contributed by atoms with E-state index >= 15 is 0 Å². The molecule has 0 saturated heterocycles. The first-order valence-electron chi connectivity index (χ1n) is 4.21. The summed E-state index contributed by atoms with van der Waals surface area (Å²) in [6, 6.07) is 5.72. The first-order chi connectivity index (χ1) is 6.31. The van der Waals surface area contributed by atoms with Gasteiger partial charge >= 0.3 is 0 Å².